The third-order valence-electron chi connectivity index (χ3n) is 5.55. The molecule has 1 fully saturated rings. The molecule has 0 radical (unpaired) electrons. The number of fused-ring (bicyclic) bond motifs is 2. The summed E-state index contributed by atoms with van der Waals surface area (Å²) in [5, 5.41) is 2.11. The second-order valence-corrected chi connectivity index (χ2v) is 7.29. The van der Waals surface area contributed by atoms with Crippen molar-refractivity contribution >= 4 is 22.6 Å². The van der Waals surface area contributed by atoms with Crippen molar-refractivity contribution in [2.75, 3.05) is 7.11 Å². The van der Waals surface area contributed by atoms with E-state index in [0.717, 1.165) is 35.6 Å². The minimum atomic E-state index is -0.675. The van der Waals surface area contributed by atoms with Crippen LogP contribution in [0, 0.1) is 0 Å². The van der Waals surface area contributed by atoms with Gasteiger partial charge in [-0.05, 0) is 47.7 Å². The summed E-state index contributed by atoms with van der Waals surface area (Å²) in [6.07, 6.45) is 1.94. The first-order valence-corrected chi connectivity index (χ1v) is 9.36. The minimum absolute atomic E-state index is 0.0111. The highest BCUT2D eigenvalue weighted by Crippen LogP contribution is 2.32. The van der Waals surface area contributed by atoms with Gasteiger partial charge in [-0.15, -0.1) is 0 Å². The van der Waals surface area contributed by atoms with Gasteiger partial charge in [0.15, 0.2) is 0 Å². The summed E-state index contributed by atoms with van der Waals surface area (Å²) in [4.78, 5) is 26.3. The Hall–Kier alpha value is -2.44. The van der Waals surface area contributed by atoms with Crippen molar-refractivity contribution < 1.29 is 19.1 Å². The lowest BCUT2D eigenvalue weighted by Gasteiger charge is -2.31. The molecule has 1 aliphatic heterocycles. The van der Waals surface area contributed by atoms with Crippen LogP contribution in [0.3, 0.4) is 0 Å². The molecule has 2 amide bonds. The molecule has 27 heavy (non-hydrogen) atoms. The van der Waals surface area contributed by atoms with Crippen molar-refractivity contribution in [1.82, 2.24) is 4.90 Å². The number of carbonyl (C=O) groups is 2. The van der Waals surface area contributed by atoms with Gasteiger partial charge >= 0.3 is 0 Å². The van der Waals surface area contributed by atoms with Crippen molar-refractivity contribution in [2.45, 2.75) is 50.7 Å². The molecule has 6 nitrogen and oxygen atoms in total. The monoisotopic (exact) mass is 368 g/mol. The molecule has 0 saturated heterocycles. The molecule has 2 aliphatic rings. The first-order chi connectivity index (χ1) is 13.1. The molecular formula is C21H24N2O4. The molecule has 0 aromatic heterocycles. The summed E-state index contributed by atoms with van der Waals surface area (Å²) in [7, 11) is 1.66. The molecule has 0 spiro atoms. The zero-order valence-corrected chi connectivity index (χ0v) is 15.4. The number of nitrogens with zero attached hydrogens (tertiary/aromatic N) is 1. The predicted octanol–water partition coefficient (Wildman–Crippen LogP) is 2.58. The number of hydrogen-bond acceptors (Lipinski definition) is 4. The van der Waals surface area contributed by atoms with Gasteiger partial charge in [0.2, 0.25) is 5.91 Å². The average molecular weight is 368 g/mol. The Labute approximate surface area is 158 Å². The Bertz CT molecular complexity index is 882. The van der Waals surface area contributed by atoms with Crippen molar-refractivity contribution in [2.24, 2.45) is 5.73 Å². The van der Waals surface area contributed by atoms with Gasteiger partial charge in [0, 0.05) is 19.2 Å². The van der Waals surface area contributed by atoms with E-state index in [-0.39, 0.29) is 24.5 Å². The fraction of sp³-hybridized carbons (Fsp3) is 0.429. The number of methoxy groups -OCH3 is 1. The molecule has 2 aromatic carbocycles. The number of benzene rings is 2. The highest BCUT2D eigenvalue weighted by Gasteiger charge is 2.38. The van der Waals surface area contributed by atoms with Crippen molar-refractivity contribution in [3.05, 3.63) is 47.5 Å². The fourth-order valence-electron chi connectivity index (χ4n) is 4.18. The smallest absolute Gasteiger partial charge is 0.256 e. The van der Waals surface area contributed by atoms with E-state index in [1.54, 1.807) is 12.0 Å². The van der Waals surface area contributed by atoms with Crippen LogP contribution in [0.4, 0.5) is 0 Å². The summed E-state index contributed by atoms with van der Waals surface area (Å²) in [6, 6.07) is 11.9. The van der Waals surface area contributed by atoms with Gasteiger partial charge in [0.25, 0.3) is 5.91 Å². The molecule has 3 unspecified atom stereocenters. The lowest BCUT2D eigenvalue weighted by Crippen LogP contribution is -2.44. The van der Waals surface area contributed by atoms with Gasteiger partial charge in [-0.25, -0.2) is 0 Å². The molecule has 3 atom stereocenters. The van der Waals surface area contributed by atoms with E-state index in [1.165, 1.54) is 0 Å². The second-order valence-electron chi connectivity index (χ2n) is 7.29. The first-order valence-electron chi connectivity index (χ1n) is 9.36. The van der Waals surface area contributed by atoms with Crippen LogP contribution in [0.5, 0.6) is 0 Å². The van der Waals surface area contributed by atoms with Crippen LogP contribution in [-0.2, 0) is 20.8 Å². The molecule has 1 saturated carbocycles. The lowest BCUT2D eigenvalue weighted by atomic mass is 10.0. The third kappa shape index (κ3) is 3.42. The maximum atomic E-state index is 13.1. The van der Waals surface area contributed by atoms with Crippen LogP contribution in [-0.4, -0.2) is 42.3 Å². The van der Waals surface area contributed by atoms with E-state index in [1.807, 2.05) is 36.4 Å². The number of rotatable bonds is 6. The second kappa shape index (κ2) is 7.29. The summed E-state index contributed by atoms with van der Waals surface area (Å²) >= 11 is 0. The van der Waals surface area contributed by atoms with Gasteiger partial charge in [-0.1, -0.05) is 24.3 Å². The summed E-state index contributed by atoms with van der Waals surface area (Å²) in [5.41, 5.74) is 7.06. The topological polar surface area (TPSA) is 81.9 Å². The molecule has 2 N–H and O–H groups in total. The Morgan fingerprint density at radius 2 is 1.93 bits per heavy atom. The van der Waals surface area contributed by atoms with E-state index in [2.05, 4.69) is 0 Å². The summed E-state index contributed by atoms with van der Waals surface area (Å²) in [5.74, 6) is -0.602. The number of nitrogens with two attached hydrogens (primary N) is 1. The van der Waals surface area contributed by atoms with Crippen LogP contribution < -0.4 is 5.73 Å². The average Bonchev–Trinajstić information content (AvgIpc) is 3.23. The molecule has 2 aromatic rings. The molecule has 4 rings (SSSR count). The van der Waals surface area contributed by atoms with Gasteiger partial charge in [-0.2, -0.15) is 0 Å². The van der Waals surface area contributed by atoms with Gasteiger partial charge in [-0.3, -0.25) is 9.59 Å². The molecular weight excluding hydrogens is 344 g/mol. The number of amides is 2. The standard InChI is InChI=1S/C21H24N2O4/c1-26-17-7-4-8-18(17)27-20(11-19(22)24)23-12-15-9-13-5-2-3-6-14(13)10-16(15)21(23)25/h2-3,5-6,9-10,17-18,20H,4,7-8,11-12H2,1H3,(H2,22,24). The lowest BCUT2D eigenvalue weighted by molar-refractivity contribution is -0.139. The Morgan fingerprint density at radius 1 is 1.22 bits per heavy atom. The van der Waals surface area contributed by atoms with Crippen molar-refractivity contribution in [3.63, 3.8) is 0 Å². The highest BCUT2D eigenvalue weighted by molar-refractivity contribution is 6.02. The van der Waals surface area contributed by atoms with Crippen molar-refractivity contribution in [1.29, 1.82) is 0 Å². The molecule has 6 heteroatoms. The van der Waals surface area contributed by atoms with Crippen LogP contribution in [0.25, 0.3) is 10.8 Å². The number of carbonyl (C=O) groups excluding carboxylic acids is 2. The zero-order valence-electron chi connectivity index (χ0n) is 15.4. The van der Waals surface area contributed by atoms with Crippen LogP contribution in [0.2, 0.25) is 0 Å². The van der Waals surface area contributed by atoms with Crippen molar-refractivity contribution in [3.8, 4) is 0 Å². The predicted molar refractivity (Wildman–Crippen MR) is 101 cm³/mol. The van der Waals surface area contributed by atoms with E-state index >= 15 is 0 Å². The molecule has 142 valence electrons. The minimum Gasteiger partial charge on any atom is -0.379 e. The van der Waals surface area contributed by atoms with Crippen LogP contribution >= 0.6 is 0 Å². The van der Waals surface area contributed by atoms with Gasteiger partial charge in [0.1, 0.15) is 6.23 Å². The first kappa shape index (κ1) is 17.9. The highest BCUT2D eigenvalue weighted by atomic mass is 16.6. The molecule has 0 bridgehead atoms. The number of primary amides is 1. The number of hydrogen-bond donors (Lipinski definition) is 1. The largest absolute Gasteiger partial charge is 0.379 e. The van der Waals surface area contributed by atoms with Gasteiger partial charge in [0.05, 0.1) is 18.6 Å². The maximum absolute atomic E-state index is 13.1. The van der Waals surface area contributed by atoms with E-state index < -0.39 is 12.1 Å². The van der Waals surface area contributed by atoms with E-state index in [4.69, 9.17) is 15.2 Å². The van der Waals surface area contributed by atoms with Crippen LogP contribution in [0.15, 0.2) is 36.4 Å². The fourth-order valence-corrected chi connectivity index (χ4v) is 4.18. The summed E-state index contributed by atoms with van der Waals surface area (Å²) < 4.78 is 11.7. The maximum Gasteiger partial charge on any atom is 0.256 e. The van der Waals surface area contributed by atoms with E-state index in [0.29, 0.717) is 12.1 Å². The quantitative estimate of drug-likeness (QED) is 0.850. The third-order valence-corrected chi connectivity index (χ3v) is 5.55. The molecule has 1 aliphatic carbocycles. The Balaban J connectivity index is 1.61. The van der Waals surface area contributed by atoms with Crippen LogP contribution in [0.1, 0.15) is 41.6 Å². The number of ether oxygens (including phenoxy) is 2. The normalized spacial score (nSPS) is 23.0. The zero-order chi connectivity index (χ0) is 19.0. The van der Waals surface area contributed by atoms with Gasteiger partial charge < -0.3 is 20.1 Å². The Morgan fingerprint density at radius 3 is 2.63 bits per heavy atom. The molecule has 1 heterocycles. The summed E-state index contributed by atoms with van der Waals surface area (Å²) in [6.45, 7) is 0.418. The van der Waals surface area contributed by atoms with E-state index in [9.17, 15) is 9.59 Å². The Kier molecular flexibility index (Phi) is 4.85. The SMILES string of the molecule is COC1CCCC1OC(CC(N)=O)N1Cc2cc3ccccc3cc2C1=O.